The lowest BCUT2D eigenvalue weighted by molar-refractivity contribution is 0.466. The van der Waals surface area contributed by atoms with E-state index in [1.807, 2.05) is 13.1 Å². The second-order valence-electron chi connectivity index (χ2n) is 5.52. The maximum absolute atomic E-state index is 13.0. The quantitative estimate of drug-likeness (QED) is 0.685. The molecule has 0 unspecified atom stereocenters. The molecule has 5 heteroatoms. The number of ether oxygens (including phenoxy) is 1. The molecular formula is C18H20ClFN2O. The smallest absolute Gasteiger partial charge is 0.243 e. The van der Waals surface area contributed by atoms with Crippen molar-refractivity contribution in [1.29, 1.82) is 0 Å². The predicted molar refractivity (Wildman–Crippen MR) is 93.3 cm³/mol. The number of H-pyrrole nitrogens is 1. The second kappa shape index (κ2) is 7.01. The fourth-order valence-corrected chi connectivity index (χ4v) is 2.70. The number of nitrogens with zero attached hydrogens (tertiary/aromatic N) is 1. The topological polar surface area (TPSA) is 37.9 Å². The molecule has 2 aromatic heterocycles. The molecule has 0 radical (unpaired) electrons. The molecule has 0 atom stereocenters. The molecule has 3 nitrogen and oxygen atoms in total. The number of pyridine rings is 1. The number of aromatic amines is 1. The number of nitrogens with one attached hydrogen (secondary N) is 1. The molecule has 2 heterocycles. The van der Waals surface area contributed by atoms with E-state index in [9.17, 15) is 4.39 Å². The molecule has 0 aliphatic carbocycles. The van der Waals surface area contributed by atoms with Gasteiger partial charge in [0.05, 0.1) is 0 Å². The van der Waals surface area contributed by atoms with Crippen LogP contribution < -0.4 is 4.74 Å². The van der Waals surface area contributed by atoms with Crippen molar-refractivity contribution in [2.24, 2.45) is 0 Å². The zero-order valence-electron chi connectivity index (χ0n) is 13.4. The van der Waals surface area contributed by atoms with Crippen LogP contribution in [-0.2, 0) is 6.42 Å². The van der Waals surface area contributed by atoms with E-state index in [0.717, 1.165) is 24.1 Å². The van der Waals surface area contributed by atoms with Crippen molar-refractivity contribution in [2.45, 2.75) is 33.6 Å². The van der Waals surface area contributed by atoms with E-state index in [2.05, 4.69) is 23.8 Å². The molecule has 0 aliphatic rings. The molecule has 3 aromatic rings. The van der Waals surface area contributed by atoms with Crippen molar-refractivity contribution in [1.82, 2.24) is 9.97 Å². The Balaban J connectivity index is 0.00000192. The summed E-state index contributed by atoms with van der Waals surface area (Å²) in [6.07, 6.45) is 3.93. The highest BCUT2D eigenvalue weighted by Crippen LogP contribution is 2.33. The number of benzene rings is 1. The van der Waals surface area contributed by atoms with Crippen molar-refractivity contribution >= 4 is 23.3 Å². The van der Waals surface area contributed by atoms with Crippen molar-refractivity contribution in [3.05, 3.63) is 53.1 Å². The van der Waals surface area contributed by atoms with Crippen molar-refractivity contribution in [3.63, 3.8) is 0 Å². The normalized spacial score (nSPS) is 10.6. The van der Waals surface area contributed by atoms with E-state index in [-0.39, 0.29) is 18.2 Å². The molecule has 0 spiro atoms. The number of rotatable bonds is 4. The van der Waals surface area contributed by atoms with Crippen molar-refractivity contribution < 1.29 is 9.13 Å². The van der Waals surface area contributed by atoms with Crippen LogP contribution in [0.4, 0.5) is 4.39 Å². The first kappa shape index (κ1) is 17.3. The maximum atomic E-state index is 13.0. The molecule has 0 amide bonds. The summed E-state index contributed by atoms with van der Waals surface area (Å²) in [5.74, 6) is 0.816. The summed E-state index contributed by atoms with van der Waals surface area (Å²) in [7, 11) is 0. The van der Waals surface area contributed by atoms with Crippen LogP contribution >= 0.6 is 12.4 Å². The van der Waals surface area contributed by atoms with Gasteiger partial charge in [-0.3, -0.25) is 0 Å². The van der Waals surface area contributed by atoms with Crippen LogP contribution in [0.2, 0.25) is 0 Å². The number of hydrogen-bond acceptors (Lipinski definition) is 2. The molecule has 1 aromatic carbocycles. The van der Waals surface area contributed by atoms with Crippen LogP contribution in [0.5, 0.6) is 11.6 Å². The lowest BCUT2D eigenvalue weighted by Gasteiger charge is -2.09. The lowest BCUT2D eigenvalue weighted by atomic mass is 10.0. The minimum atomic E-state index is -0.282. The number of halogens is 2. The lowest BCUT2D eigenvalue weighted by Crippen LogP contribution is -1.94. The van der Waals surface area contributed by atoms with Gasteiger partial charge >= 0.3 is 0 Å². The Bertz CT molecular complexity index is 812. The second-order valence-corrected chi connectivity index (χ2v) is 5.52. The van der Waals surface area contributed by atoms with Crippen LogP contribution in [0.15, 0.2) is 30.5 Å². The van der Waals surface area contributed by atoms with Crippen LogP contribution in [0.1, 0.15) is 30.2 Å². The van der Waals surface area contributed by atoms with Gasteiger partial charge in [0.15, 0.2) is 0 Å². The van der Waals surface area contributed by atoms with E-state index in [1.165, 1.54) is 28.6 Å². The summed E-state index contributed by atoms with van der Waals surface area (Å²) in [6, 6.07) is 5.96. The first-order chi connectivity index (χ1) is 10.6. The summed E-state index contributed by atoms with van der Waals surface area (Å²) in [6.45, 7) is 6.31. The van der Waals surface area contributed by atoms with Crippen molar-refractivity contribution in [3.8, 4) is 11.6 Å². The number of fused-ring (bicyclic) bond motifs is 1. The summed E-state index contributed by atoms with van der Waals surface area (Å²) < 4.78 is 18.8. The van der Waals surface area contributed by atoms with Crippen LogP contribution in [-0.4, -0.2) is 9.97 Å². The predicted octanol–water partition coefficient (Wildman–Crippen LogP) is 5.49. The van der Waals surface area contributed by atoms with E-state index < -0.39 is 0 Å². The third-order valence-corrected chi connectivity index (χ3v) is 3.92. The number of aromatic nitrogens is 2. The Kier molecular flexibility index (Phi) is 5.26. The number of aryl methyl sites for hydroxylation is 3. The Morgan fingerprint density at radius 3 is 2.52 bits per heavy atom. The third-order valence-electron chi connectivity index (χ3n) is 3.92. The van der Waals surface area contributed by atoms with Gasteiger partial charge in [-0.15, -0.1) is 12.4 Å². The Morgan fingerprint density at radius 2 is 1.87 bits per heavy atom. The summed E-state index contributed by atoms with van der Waals surface area (Å²) >= 11 is 0. The minimum absolute atomic E-state index is 0. The highest BCUT2D eigenvalue weighted by atomic mass is 35.5. The standard InChI is InChI=1S/C18H19FN2O.ClH/c1-4-5-13-10-20-18(17-16(13)11(2)12(3)21-17)22-15-8-6-14(19)7-9-15;/h6-10,21H,4-5H2,1-3H3;1H. The fourth-order valence-electron chi connectivity index (χ4n) is 2.70. The van der Waals surface area contributed by atoms with E-state index >= 15 is 0 Å². The van der Waals surface area contributed by atoms with Gasteiger partial charge in [0, 0.05) is 17.3 Å². The van der Waals surface area contributed by atoms with Gasteiger partial charge < -0.3 is 9.72 Å². The first-order valence-corrected chi connectivity index (χ1v) is 7.50. The largest absolute Gasteiger partial charge is 0.437 e. The maximum Gasteiger partial charge on any atom is 0.243 e. The summed E-state index contributed by atoms with van der Waals surface area (Å²) in [4.78, 5) is 7.81. The summed E-state index contributed by atoms with van der Waals surface area (Å²) in [5, 5.41) is 1.19. The fraction of sp³-hybridized carbons (Fsp3) is 0.278. The van der Waals surface area contributed by atoms with Gasteiger partial charge in [0.2, 0.25) is 5.88 Å². The average Bonchev–Trinajstić information content (AvgIpc) is 2.81. The Morgan fingerprint density at radius 1 is 1.17 bits per heavy atom. The third kappa shape index (κ3) is 3.32. The molecule has 3 rings (SSSR count). The molecule has 0 saturated carbocycles. The molecule has 0 fully saturated rings. The van der Waals surface area contributed by atoms with Gasteiger partial charge in [0.1, 0.15) is 17.1 Å². The minimum Gasteiger partial charge on any atom is -0.437 e. The van der Waals surface area contributed by atoms with Gasteiger partial charge in [-0.1, -0.05) is 13.3 Å². The average molecular weight is 335 g/mol. The molecule has 0 saturated heterocycles. The number of hydrogen-bond donors (Lipinski definition) is 1. The highest BCUT2D eigenvalue weighted by molar-refractivity contribution is 5.91. The zero-order valence-corrected chi connectivity index (χ0v) is 14.3. The van der Waals surface area contributed by atoms with Crippen LogP contribution in [0, 0.1) is 19.7 Å². The van der Waals surface area contributed by atoms with Gasteiger partial charge in [-0.2, -0.15) is 0 Å². The monoisotopic (exact) mass is 334 g/mol. The van der Waals surface area contributed by atoms with E-state index in [1.54, 1.807) is 12.1 Å². The van der Waals surface area contributed by atoms with Gasteiger partial charge in [-0.25, -0.2) is 9.37 Å². The van der Waals surface area contributed by atoms with E-state index in [4.69, 9.17) is 4.74 Å². The van der Waals surface area contributed by atoms with Crippen molar-refractivity contribution in [2.75, 3.05) is 0 Å². The Labute approximate surface area is 141 Å². The molecule has 0 bridgehead atoms. The molecule has 122 valence electrons. The SMILES string of the molecule is CCCc1cnc(Oc2ccc(F)cc2)c2[nH]c(C)c(C)c12.Cl. The van der Waals surface area contributed by atoms with E-state index in [0.29, 0.717) is 11.6 Å². The Hall–Kier alpha value is -2.07. The highest BCUT2D eigenvalue weighted by Gasteiger charge is 2.15. The van der Waals surface area contributed by atoms with Crippen LogP contribution in [0.3, 0.4) is 0 Å². The first-order valence-electron chi connectivity index (χ1n) is 7.50. The molecule has 0 aliphatic heterocycles. The van der Waals surface area contributed by atoms with Gasteiger partial charge in [-0.05, 0) is 55.7 Å². The summed E-state index contributed by atoms with van der Waals surface area (Å²) in [5.41, 5.74) is 4.48. The van der Waals surface area contributed by atoms with Crippen LogP contribution in [0.25, 0.3) is 10.9 Å². The molecule has 23 heavy (non-hydrogen) atoms. The molecular weight excluding hydrogens is 315 g/mol. The van der Waals surface area contributed by atoms with Gasteiger partial charge in [0.25, 0.3) is 0 Å². The molecule has 1 N–H and O–H groups in total. The zero-order chi connectivity index (χ0) is 15.7.